The molecule has 0 bridgehead atoms. The van der Waals surface area contributed by atoms with Crippen LogP contribution in [0.2, 0.25) is 0 Å². The minimum atomic E-state index is -0.408. The first-order valence-corrected chi connectivity index (χ1v) is 7.92. The standard InChI is InChI=1S/C18H20N4O/c1-18(2)6-5-12-15(9-18)21-22-16(12)14-8-11-7-10(17(19)23)3-4-13(11)20-14/h3-4,7-8,20H,5-6,9H2,1-2H3,(H2,19,23)(H,21,22). The number of carbonyl (C=O) groups is 1. The highest BCUT2D eigenvalue weighted by Gasteiger charge is 2.29. The number of nitrogens with two attached hydrogens (primary N) is 1. The van der Waals surface area contributed by atoms with Gasteiger partial charge < -0.3 is 10.7 Å². The lowest BCUT2D eigenvalue weighted by Gasteiger charge is -2.28. The molecule has 2 aromatic heterocycles. The van der Waals surface area contributed by atoms with Crippen LogP contribution in [-0.4, -0.2) is 21.1 Å². The van der Waals surface area contributed by atoms with Crippen molar-refractivity contribution in [2.75, 3.05) is 0 Å². The Kier molecular flexibility index (Phi) is 2.88. The van der Waals surface area contributed by atoms with E-state index in [2.05, 4.69) is 29.0 Å². The van der Waals surface area contributed by atoms with Crippen LogP contribution >= 0.6 is 0 Å². The van der Waals surface area contributed by atoms with Crippen molar-refractivity contribution in [2.45, 2.75) is 33.1 Å². The Balaban J connectivity index is 1.78. The van der Waals surface area contributed by atoms with Crippen molar-refractivity contribution in [1.82, 2.24) is 15.2 Å². The Bertz CT molecular complexity index is 916. The Morgan fingerprint density at radius 1 is 1.30 bits per heavy atom. The summed E-state index contributed by atoms with van der Waals surface area (Å²) in [6, 6.07) is 7.49. The Morgan fingerprint density at radius 3 is 2.91 bits per heavy atom. The molecule has 0 saturated carbocycles. The molecule has 5 heteroatoms. The second kappa shape index (κ2) is 4.72. The van der Waals surface area contributed by atoms with Crippen molar-refractivity contribution in [3.8, 4) is 11.4 Å². The minimum Gasteiger partial charge on any atom is -0.366 e. The molecule has 3 aromatic rings. The third-order valence-corrected chi connectivity index (χ3v) is 4.82. The number of nitrogens with zero attached hydrogens (tertiary/aromatic N) is 1. The molecular weight excluding hydrogens is 288 g/mol. The van der Waals surface area contributed by atoms with Gasteiger partial charge in [-0.1, -0.05) is 13.8 Å². The average Bonchev–Trinajstić information content (AvgIpc) is 3.07. The van der Waals surface area contributed by atoms with E-state index in [4.69, 9.17) is 5.73 Å². The highest BCUT2D eigenvalue weighted by Crippen LogP contribution is 2.38. The summed E-state index contributed by atoms with van der Waals surface area (Å²) in [6.07, 6.45) is 3.23. The van der Waals surface area contributed by atoms with E-state index >= 15 is 0 Å². The van der Waals surface area contributed by atoms with Crippen molar-refractivity contribution in [3.63, 3.8) is 0 Å². The van der Waals surface area contributed by atoms with Gasteiger partial charge in [-0.25, -0.2) is 0 Å². The average molecular weight is 308 g/mol. The van der Waals surface area contributed by atoms with E-state index in [1.165, 1.54) is 17.7 Å². The summed E-state index contributed by atoms with van der Waals surface area (Å²) >= 11 is 0. The highest BCUT2D eigenvalue weighted by atomic mass is 16.1. The number of amides is 1. The van der Waals surface area contributed by atoms with Gasteiger partial charge in [0.15, 0.2) is 0 Å². The summed E-state index contributed by atoms with van der Waals surface area (Å²) in [4.78, 5) is 14.7. The van der Waals surface area contributed by atoms with Gasteiger partial charge in [0.1, 0.15) is 5.69 Å². The second-order valence-electron chi connectivity index (χ2n) is 7.22. The molecular formula is C18H20N4O. The van der Waals surface area contributed by atoms with Gasteiger partial charge in [0.05, 0.1) is 5.69 Å². The number of aromatic nitrogens is 3. The minimum absolute atomic E-state index is 0.327. The molecule has 0 spiro atoms. The maximum Gasteiger partial charge on any atom is 0.248 e. The molecule has 5 nitrogen and oxygen atoms in total. The molecule has 2 heterocycles. The summed E-state index contributed by atoms with van der Waals surface area (Å²) in [5.74, 6) is -0.408. The van der Waals surface area contributed by atoms with E-state index in [0.29, 0.717) is 11.0 Å². The molecule has 118 valence electrons. The fraction of sp³-hybridized carbons (Fsp3) is 0.333. The molecule has 4 rings (SSSR count). The second-order valence-corrected chi connectivity index (χ2v) is 7.22. The third kappa shape index (κ3) is 2.32. The fourth-order valence-corrected chi connectivity index (χ4v) is 3.48. The maximum atomic E-state index is 11.3. The predicted molar refractivity (Wildman–Crippen MR) is 90.2 cm³/mol. The molecule has 1 aromatic carbocycles. The quantitative estimate of drug-likeness (QED) is 0.679. The first-order valence-electron chi connectivity index (χ1n) is 7.92. The Hall–Kier alpha value is -2.56. The van der Waals surface area contributed by atoms with E-state index in [9.17, 15) is 4.79 Å². The van der Waals surface area contributed by atoms with Gasteiger partial charge in [-0.15, -0.1) is 0 Å². The lowest BCUT2D eigenvalue weighted by atomic mass is 9.76. The normalized spacial score (nSPS) is 16.4. The molecule has 23 heavy (non-hydrogen) atoms. The summed E-state index contributed by atoms with van der Waals surface area (Å²) in [6.45, 7) is 4.59. The van der Waals surface area contributed by atoms with Crippen molar-refractivity contribution >= 4 is 16.8 Å². The molecule has 1 aliphatic rings. The molecule has 0 unspecified atom stereocenters. The zero-order valence-electron chi connectivity index (χ0n) is 13.4. The predicted octanol–water partition coefficient (Wildman–Crippen LogP) is 3.17. The van der Waals surface area contributed by atoms with Crippen molar-refractivity contribution in [1.29, 1.82) is 0 Å². The number of nitrogens with one attached hydrogen (secondary N) is 2. The van der Waals surface area contributed by atoms with Crippen molar-refractivity contribution in [2.24, 2.45) is 11.1 Å². The fourth-order valence-electron chi connectivity index (χ4n) is 3.48. The molecule has 0 atom stereocenters. The number of hydrogen-bond acceptors (Lipinski definition) is 2. The van der Waals surface area contributed by atoms with E-state index < -0.39 is 5.91 Å². The van der Waals surface area contributed by atoms with Gasteiger partial charge >= 0.3 is 0 Å². The summed E-state index contributed by atoms with van der Waals surface area (Å²) in [5.41, 5.74) is 11.7. The maximum absolute atomic E-state index is 11.3. The number of rotatable bonds is 2. The van der Waals surface area contributed by atoms with Crippen LogP contribution in [0.1, 0.15) is 41.9 Å². The van der Waals surface area contributed by atoms with Crippen LogP contribution in [-0.2, 0) is 12.8 Å². The topological polar surface area (TPSA) is 87.6 Å². The number of benzene rings is 1. The number of hydrogen-bond donors (Lipinski definition) is 3. The largest absolute Gasteiger partial charge is 0.366 e. The first kappa shape index (κ1) is 14.1. The zero-order valence-corrected chi connectivity index (χ0v) is 13.4. The van der Waals surface area contributed by atoms with Crippen LogP contribution in [0.5, 0.6) is 0 Å². The number of primary amides is 1. The summed E-state index contributed by atoms with van der Waals surface area (Å²) in [5, 5.41) is 8.72. The van der Waals surface area contributed by atoms with Crippen LogP contribution < -0.4 is 5.73 Å². The Morgan fingerprint density at radius 2 is 2.13 bits per heavy atom. The van der Waals surface area contributed by atoms with E-state index in [-0.39, 0.29) is 0 Å². The highest BCUT2D eigenvalue weighted by molar-refractivity contribution is 5.98. The number of fused-ring (bicyclic) bond motifs is 2. The summed E-state index contributed by atoms with van der Waals surface area (Å²) in [7, 11) is 0. The Labute approximate surface area is 134 Å². The molecule has 0 aliphatic heterocycles. The van der Waals surface area contributed by atoms with Crippen LogP contribution in [0.4, 0.5) is 0 Å². The lowest BCUT2D eigenvalue weighted by molar-refractivity contribution is 0.100. The van der Waals surface area contributed by atoms with Gasteiger partial charge in [-0.3, -0.25) is 9.89 Å². The number of carbonyl (C=O) groups excluding carboxylic acids is 1. The van der Waals surface area contributed by atoms with Gasteiger partial charge in [0, 0.05) is 27.7 Å². The van der Waals surface area contributed by atoms with E-state index in [1.807, 2.05) is 18.2 Å². The zero-order chi connectivity index (χ0) is 16.2. The molecule has 0 saturated heterocycles. The number of aromatic amines is 2. The van der Waals surface area contributed by atoms with Crippen LogP contribution in [0.15, 0.2) is 24.3 Å². The van der Waals surface area contributed by atoms with Crippen LogP contribution in [0.3, 0.4) is 0 Å². The lowest BCUT2D eigenvalue weighted by Crippen LogP contribution is -2.21. The van der Waals surface area contributed by atoms with Gasteiger partial charge in [-0.2, -0.15) is 5.10 Å². The van der Waals surface area contributed by atoms with Crippen LogP contribution in [0.25, 0.3) is 22.3 Å². The smallest absolute Gasteiger partial charge is 0.248 e. The van der Waals surface area contributed by atoms with Crippen molar-refractivity contribution in [3.05, 3.63) is 41.1 Å². The van der Waals surface area contributed by atoms with Crippen molar-refractivity contribution < 1.29 is 4.79 Å². The molecule has 4 N–H and O–H groups in total. The van der Waals surface area contributed by atoms with Gasteiger partial charge in [0.25, 0.3) is 0 Å². The van der Waals surface area contributed by atoms with Crippen LogP contribution in [0, 0.1) is 5.41 Å². The monoisotopic (exact) mass is 308 g/mol. The van der Waals surface area contributed by atoms with Gasteiger partial charge in [0.2, 0.25) is 5.91 Å². The van der Waals surface area contributed by atoms with E-state index in [1.54, 1.807) is 6.07 Å². The van der Waals surface area contributed by atoms with Gasteiger partial charge in [-0.05, 0) is 48.9 Å². The van der Waals surface area contributed by atoms with E-state index in [0.717, 1.165) is 35.1 Å². The first-order chi connectivity index (χ1) is 10.9. The molecule has 1 amide bonds. The number of H-pyrrole nitrogens is 2. The molecule has 0 radical (unpaired) electrons. The third-order valence-electron chi connectivity index (χ3n) is 4.82. The SMILES string of the molecule is CC1(C)CCc2c(-c3cc4cc(C(N)=O)ccc4[nH]3)n[nH]c2C1. The summed E-state index contributed by atoms with van der Waals surface area (Å²) < 4.78 is 0. The molecule has 0 fully saturated rings. The molecule has 1 aliphatic carbocycles.